The number of nitrogens with one attached hydrogen (secondary N) is 2. The molecule has 1 saturated heterocycles. The summed E-state index contributed by atoms with van der Waals surface area (Å²) < 4.78 is 10.5. The number of hydrogen-bond acceptors (Lipinski definition) is 4. The zero-order chi connectivity index (χ0) is 17.6. The number of benzene rings is 2. The molecule has 2 amide bonds. The first kappa shape index (κ1) is 16.8. The van der Waals surface area contributed by atoms with Gasteiger partial charge in [-0.05, 0) is 23.3 Å². The van der Waals surface area contributed by atoms with E-state index in [-0.39, 0.29) is 31.0 Å². The number of rotatable bonds is 5. The molecule has 130 valence electrons. The smallest absolute Gasteiger partial charge is 0.407 e. The van der Waals surface area contributed by atoms with E-state index in [1.807, 2.05) is 54.6 Å². The molecule has 0 bridgehead atoms. The number of alkyl carbamates (subject to hydrolysis) is 1. The minimum atomic E-state index is -0.543. The summed E-state index contributed by atoms with van der Waals surface area (Å²) in [6.07, 6.45) is -0.333. The van der Waals surface area contributed by atoms with Crippen molar-refractivity contribution in [2.24, 2.45) is 0 Å². The van der Waals surface area contributed by atoms with E-state index in [0.29, 0.717) is 5.75 Å². The summed E-state index contributed by atoms with van der Waals surface area (Å²) in [5.41, 5.74) is 1.78. The Hall–Kier alpha value is -3.02. The van der Waals surface area contributed by atoms with Gasteiger partial charge in [-0.3, -0.25) is 4.79 Å². The van der Waals surface area contributed by atoms with Crippen LogP contribution in [-0.4, -0.2) is 25.2 Å². The van der Waals surface area contributed by atoms with Crippen LogP contribution in [0.1, 0.15) is 23.6 Å². The maximum atomic E-state index is 12.1. The molecule has 3 rings (SSSR count). The summed E-state index contributed by atoms with van der Waals surface area (Å²) in [7, 11) is 1.59. The monoisotopic (exact) mass is 340 g/mol. The fourth-order valence-electron chi connectivity index (χ4n) is 2.85. The van der Waals surface area contributed by atoms with Gasteiger partial charge in [-0.2, -0.15) is 0 Å². The van der Waals surface area contributed by atoms with Crippen molar-refractivity contribution >= 4 is 12.0 Å². The van der Waals surface area contributed by atoms with Crippen LogP contribution in [0.15, 0.2) is 54.6 Å². The van der Waals surface area contributed by atoms with Crippen molar-refractivity contribution in [2.45, 2.75) is 25.1 Å². The number of hydrogen-bond donors (Lipinski definition) is 2. The summed E-state index contributed by atoms with van der Waals surface area (Å²) in [4.78, 5) is 23.9. The molecule has 2 N–H and O–H groups in total. The molecular weight excluding hydrogens is 320 g/mol. The van der Waals surface area contributed by atoms with Gasteiger partial charge < -0.3 is 20.1 Å². The maximum absolute atomic E-state index is 12.1. The molecular formula is C19H20N2O4. The molecule has 1 fully saturated rings. The number of methoxy groups -OCH3 is 1. The molecule has 6 heteroatoms. The van der Waals surface area contributed by atoms with Gasteiger partial charge in [0.25, 0.3) is 0 Å². The predicted octanol–water partition coefficient (Wildman–Crippen LogP) is 2.55. The van der Waals surface area contributed by atoms with Gasteiger partial charge in [-0.1, -0.05) is 42.5 Å². The highest BCUT2D eigenvalue weighted by Gasteiger charge is 2.35. The summed E-state index contributed by atoms with van der Waals surface area (Å²) in [6, 6.07) is 16.2. The lowest BCUT2D eigenvalue weighted by Gasteiger charge is -2.20. The Balaban J connectivity index is 1.63. The lowest BCUT2D eigenvalue weighted by Crippen LogP contribution is -2.38. The molecule has 1 aliphatic heterocycles. The molecule has 2 aromatic rings. The van der Waals surface area contributed by atoms with Gasteiger partial charge in [0.15, 0.2) is 0 Å². The van der Waals surface area contributed by atoms with E-state index in [1.165, 1.54) is 0 Å². The van der Waals surface area contributed by atoms with Gasteiger partial charge in [-0.15, -0.1) is 0 Å². The average Bonchev–Trinajstić information content (AvgIpc) is 3.01. The fraction of sp³-hybridized carbons (Fsp3) is 0.263. The van der Waals surface area contributed by atoms with Crippen LogP contribution in [0.2, 0.25) is 0 Å². The third kappa shape index (κ3) is 4.29. The molecule has 2 aromatic carbocycles. The minimum absolute atomic E-state index is 0.110. The quantitative estimate of drug-likeness (QED) is 0.877. The highest BCUT2D eigenvalue weighted by molar-refractivity contribution is 5.81. The first-order valence-electron chi connectivity index (χ1n) is 8.06. The van der Waals surface area contributed by atoms with Crippen molar-refractivity contribution in [3.63, 3.8) is 0 Å². The predicted molar refractivity (Wildman–Crippen MR) is 92.0 cm³/mol. The molecule has 0 saturated carbocycles. The Kier molecular flexibility index (Phi) is 5.18. The molecule has 0 spiro atoms. The van der Waals surface area contributed by atoms with Gasteiger partial charge in [0.1, 0.15) is 12.4 Å². The van der Waals surface area contributed by atoms with E-state index >= 15 is 0 Å². The zero-order valence-corrected chi connectivity index (χ0v) is 13.9. The second kappa shape index (κ2) is 7.70. The Morgan fingerprint density at radius 1 is 1.20 bits per heavy atom. The van der Waals surface area contributed by atoms with Crippen LogP contribution in [0.3, 0.4) is 0 Å². The van der Waals surface area contributed by atoms with Crippen LogP contribution < -0.4 is 15.4 Å². The first-order valence-corrected chi connectivity index (χ1v) is 8.06. The van der Waals surface area contributed by atoms with Gasteiger partial charge in [-0.25, -0.2) is 4.79 Å². The van der Waals surface area contributed by atoms with E-state index in [4.69, 9.17) is 9.47 Å². The molecule has 2 atom stereocenters. The fourth-order valence-corrected chi connectivity index (χ4v) is 2.85. The first-order chi connectivity index (χ1) is 12.2. The molecule has 1 unspecified atom stereocenters. The van der Waals surface area contributed by atoms with Gasteiger partial charge in [0.2, 0.25) is 5.91 Å². The molecule has 0 aliphatic carbocycles. The summed E-state index contributed by atoms with van der Waals surface area (Å²) >= 11 is 0. The highest BCUT2D eigenvalue weighted by atomic mass is 16.5. The average molecular weight is 340 g/mol. The number of carbonyl (C=O) groups is 2. The van der Waals surface area contributed by atoms with E-state index < -0.39 is 6.09 Å². The standard InChI is InChI=1S/C19H20N2O4/c1-24-15-9-5-8-14(10-15)18-16(11-17(22)21-18)20-19(23)25-12-13-6-3-2-4-7-13/h2-10,16,18H,11-12H2,1H3,(H,20,23)(H,21,22)/t16-,18?/m0/s1. The zero-order valence-electron chi connectivity index (χ0n) is 13.9. The van der Waals surface area contributed by atoms with Crippen LogP contribution in [0.25, 0.3) is 0 Å². The van der Waals surface area contributed by atoms with Crippen LogP contribution in [0, 0.1) is 0 Å². The Bertz CT molecular complexity index is 748. The van der Waals surface area contributed by atoms with Gasteiger partial charge >= 0.3 is 6.09 Å². The van der Waals surface area contributed by atoms with Gasteiger partial charge in [0, 0.05) is 6.42 Å². The molecule has 6 nitrogen and oxygen atoms in total. The number of carbonyl (C=O) groups excluding carboxylic acids is 2. The lowest BCUT2D eigenvalue weighted by atomic mass is 10.0. The largest absolute Gasteiger partial charge is 0.497 e. The third-order valence-corrected chi connectivity index (χ3v) is 4.09. The van der Waals surface area contributed by atoms with Crippen LogP contribution in [-0.2, 0) is 16.1 Å². The summed E-state index contributed by atoms with van der Waals surface area (Å²) in [5, 5.41) is 5.67. The second-order valence-corrected chi connectivity index (χ2v) is 5.84. The summed E-state index contributed by atoms with van der Waals surface area (Å²) in [6.45, 7) is 0.185. The van der Waals surface area contributed by atoms with Crippen molar-refractivity contribution in [3.8, 4) is 5.75 Å². The topological polar surface area (TPSA) is 76.7 Å². The minimum Gasteiger partial charge on any atom is -0.497 e. The molecule has 0 radical (unpaired) electrons. The molecule has 1 heterocycles. The Morgan fingerprint density at radius 2 is 2.00 bits per heavy atom. The van der Waals surface area contributed by atoms with Crippen LogP contribution >= 0.6 is 0 Å². The van der Waals surface area contributed by atoms with Crippen molar-refractivity contribution in [3.05, 3.63) is 65.7 Å². The number of ether oxygens (including phenoxy) is 2. The maximum Gasteiger partial charge on any atom is 0.407 e. The van der Waals surface area contributed by atoms with Gasteiger partial charge in [0.05, 0.1) is 19.2 Å². The summed E-state index contributed by atoms with van der Waals surface area (Å²) in [5.74, 6) is 0.588. The van der Waals surface area contributed by atoms with E-state index in [1.54, 1.807) is 7.11 Å². The van der Waals surface area contributed by atoms with E-state index in [2.05, 4.69) is 10.6 Å². The molecule has 0 aromatic heterocycles. The highest BCUT2D eigenvalue weighted by Crippen LogP contribution is 2.27. The van der Waals surface area contributed by atoms with E-state index in [0.717, 1.165) is 11.1 Å². The number of amides is 2. The lowest BCUT2D eigenvalue weighted by molar-refractivity contribution is -0.119. The van der Waals surface area contributed by atoms with E-state index in [9.17, 15) is 9.59 Å². The normalized spacial score (nSPS) is 19.2. The van der Waals surface area contributed by atoms with Crippen LogP contribution in [0.5, 0.6) is 5.75 Å². The molecule has 25 heavy (non-hydrogen) atoms. The SMILES string of the molecule is COc1cccc(C2NC(=O)C[C@@H]2NC(=O)OCc2ccccc2)c1. The van der Waals surface area contributed by atoms with Crippen molar-refractivity contribution < 1.29 is 19.1 Å². The molecule has 1 aliphatic rings. The Labute approximate surface area is 146 Å². The van der Waals surface area contributed by atoms with Crippen molar-refractivity contribution in [2.75, 3.05) is 7.11 Å². The van der Waals surface area contributed by atoms with Crippen molar-refractivity contribution in [1.29, 1.82) is 0 Å². The second-order valence-electron chi connectivity index (χ2n) is 5.84. The van der Waals surface area contributed by atoms with Crippen LogP contribution in [0.4, 0.5) is 4.79 Å². The Morgan fingerprint density at radius 3 is 2.76 bits per heavy atom. The van der Waals surface area contributed by atoms with Crippen molar-refractivity contribution in [1.82, 2.24) is 10.6 Å². The third-order valence-electron chi connectivity index (χ3n) is 4.09.